The maximum atomic E-state index is 13.0. The van der Waals surface area contributed by atoms with Crippen LogP contribution in [-0.4, -0.2) is 31.0 Å². The molecule has 5 heteroatoms. The third-order valence-electron chi connectivity index (χ3n) is 5.55. The van der Waals surface area contributed by atoms with Crippen molar-refractivity contribution in [3.63, 3.8) is 0 Å². The van der Waals surface area contributed by atoms with Crippen molar-refractivity contribution in [2.75, 3.05) is 30.4 Å². The third-order valence-corrected chi connectivity index (χ3v) is 5.79. The van der Waals surface area contributed by atoms with Gasteiger partial charge in [0.1, 0.15) is 0 Å². The second-order valence-electron chi connectivity index (χ2n) is 9.23. The Kier molecular flexibility index (Phi) is 8.23. The van der Waals surface area contributed by atoms with Crippen molar-refractivity contribution in [3.05, 3.63) is 95.6 Å². The number of para-hydroxylation sites is 1. The van der Waals surface area contributed by atoms with Crippen molar-refractivity contribution in [1.29, 1.82) is 0 Å². The van der Waals surface area contributed by atoms with E-state index in [0.29, 0.717) is 16.2 Å². The normalized spacial score (nSPS) is 11.0. The number of nitrogens with one attached hydrogen (secondary N) is 2. The molecule has 0 aliphatic carbocycles. The molecule has 0 aromatic heterocycles. The summed E-state index contributed by atoms with van der Waals surface area (Å²) in [7, 11) is 2.09. The van der Waals surface area contributed by atoms with Gasteiger partial charge in [-0.3, -0.25) is 4.79 Å². The minimum absolute atomic E-state index is 0.00179. The zero-order chi connectivity index (χ0) is 23.8. The summed E-state index contributed by atoms with van der Waals surface area (Å²) in [6.45, 7) is 8.19. The van der Waals surface area contributed by atoms with Crippen LogP contribution in [0.4, 0.5) is 11.4 Å². The van der Waals surface area contributed by atoms with Gasteiger partial charge in [-0.1, -0.05) is 75.4 Å². The maximum Gasteiger partial charge on any atom is 0.193 e. The highest BCUT2D eigenvalue weighted by Gasteiger charge is 2.15. The van der Waals surface area contributed by atoms with Crippen LogP contribution in [0.5, 0.6) is 0 Å². The quantitative estimate of drug-likeness (QED) is 0.245. The Morgan fingerprint density at radius 3 is 2.27 bits per heavy atom. The molecule has 0 aliphatic rings. The van der Waals surface area contributed by atoms with Gasteiger partial charge in [0.15, 0.2) is 10.9 Å². The van der Waals surface area contributed by atoms with E-state index in [4.69, 9.17) is 12.2 Å². The van der Waals surface area contributed by atoms with Crippen LogP contribution in [0.25, 0.3) is 0 Å². The van der Waals surface area contributed by atoms with E-state index in [1.54, 1.807) is 0 Å². The number of nitrogens with zero attached hydrogens (tertiary/aromatic N) is 1. The molecule has 4 nitrogen and oxygen atoms in total. The number of hydrogen-bond acceptors (Lipinski definition) is 3. The number of carbonyl (C=O) groups is 1. The molecule has 3 aromatic rings. The summed E-state index contributed by atoms with van der Waals surface area (Å²) in [5, 5.41) is 6.99. The first-order valence-electron chi connectivity index (χ1n) is 11.3. The van der Waals surface area contributed by atoms with Crippen LogP contribution in [-0.2, 0) is 5.41 Å². The number of anilines is 2. The number of benzene rings is 3. The summed E-state index contributed by atoms with van der Waals surface area (Å²) >= 11 is 5.44. The summed E-state index contributed by atoms with van der Waals surface area (Å²) in [6.07, 6.45) is 0.955. The first-order chi connectivity index (χ1) is 15.7. The minimum atomic E-state index is 0.00179. The van der Waals surface area contributed by atoms with E-state index >= 15 is 0 Å². The predicted octanol–water partition coefficient (Wildman–Crippen LogP) is 6.03. The van der Waals surface area contributed by atoms with Gasteiger partial charge < -0.3 is 15.5 Å². The second-order valence-corrected chi connectivity index (χ2v) is 9.64. The van der Waals surface area contributed by atoms with Crippen LogP contribution >= 0.6 is 12.2 Å². The Balaban J connectivity index is 1.51. The summed E-state index contributed by atoms with van der Waals surface area (Å²) in [5.74, 6) is 0.00179. The summed E-state index contributed by atoms with van der Waals surface area (Å²) in [5.41, 5.74) is 4.59. The van der Waals surface area contributed by atoms with Gasteiger partial charge in [-0.15, -0.1) is 0 Å². The van der Waals surface area contributed by atoms with Gasteiger partial charge in [0, 0.05) is 42.6 Å². The topological polar surface area (TPSA) is 44.4 Å². The standard InChI is InChI=1S/C28H33N3OS/c1-28(2,3)23-16-14-21(15-17-23)26(32)22-10-8-11-24(20-22)30-27(33)29-18-9-19-31(4)25-12-6-5-7-13-25/h5-8,10-17,20H,9,18-19H2,1-4H3,(H2,29,30,33). The highest BCUT2D eigenvalue weighted by Crippen LogP contribution is 2.23. The number of carbonyl (C=O) groups excluding carboxylic acids is 1. The molecule has 0 fully saturated rings. The SMILES string of the molecule is CN(CCCNC(=S)Nc1cccc(C(=O)c2ccc(C(C)(C)C)cc2)c1)c1ccccc1. The van der Waals surface area contributed by atoms with Crippen molar-refractivity contribution in [2.24, 2.45) is 0 Å². The van der Waals surface area contributed by atoms with E-state index in [1.165, 1.54) is 11.3 Å². The second kappa shape index (κ2) is 11.1. The average Bonchev–Trinajstić information content (AvgIpc) is 2.81. The Morgan fingerprint density at radius 2 is 1.61 bits per heavy atom. The monoisotopic (exact) mass is 459 g/mol. The van der Waals surface area contributed by atoms with Crippen LogP contribution in [0, 0.1) is 0 Å². The van der Waals surface area contributed by atoms with Gasteiger partial charge in [0.25, 0.3) is 0 Å². The Morgan fingerprint density at radius 1 is 0.909 bits per heavy atom. The Bertz CT molecular complexity index is 1070. The van der Waals surface area contributed by atoms with Crippen LogP contribution in [0.2, 0.25) is 0 Å². The van der Waals surface area contributed by atoms with Crippen LogP contribution in [0.1, 0.15) is 48.7 Å². The fourth-order valence-electron chi connectivity index (χ4n) is 3.53. The molecule has 0 radical (unpaired) electrons. The Hall–Kier alpha value is -3.18. The molecule has 0 aliphatic heterocycles. The highest BCUT2D eigenvalue weighted by atomic mass is 32.1. The average molecular weight is 460 g/mol. The van der Waals surface area contributed by atoms with Gasteiger partial charge >= 0.3 is 0 Å². The fourth-order valence-corrected chi connectivity index (χ4v) is 3.75. The molecule has 0 heterocycles. The molecule has 0 spiro atoms. The number of hydrogen-bond donors (Lipinski definition) is 2. The molecule has 0 atom stereocenters. The molecule has 3 rings (SSSR count). The van der Waals surface area contributed by atoms with Gasteiger partial charge in [0.05, 0.1) is 0 Å². The lowest BCUT2D eigenvalue weighted by atomic mass is 9.86. The summed E-state index contributed by atoms with van der Waals surface area (Å²) in [4.78, 5) is 15.2. The number of ketones is 1. The van der Waals surface area contributed by atoms with Crippen LogP contribution in [0.15, 0.2) is 78.9 Å². The first-order valence-corrected chi connectivity index (χ1v) is 11.7. The molecule has 0 amide bonds. The van der Waals surface area contributed by atoms with Crippen molar-refractivity contribution in [3.8, 4) is 0 Å². The lowest BCUT2D eigenvalue weighted by molar-refractivity contribution is 0.103. The number of rotatable bonds is 8. The number of thiocarbonyl (C=S) groups is 1. The Labute approximate surface area is 203 Å². The van der Waals surface area contributed by atoms with Crippen molar-refractivity contribution in [1.82, 2.24) is 5.32 Å². The van der Waals surface area contributed by atoms with Gasteiger partial charge in [0.2, 0.25) is 0 Å². The third kappa shape index (κ3) is 7.16. The van der Waals surface area contributed by atoms with E-state index < -0.39 is 0 Å². The molecule has 0 bridgehead atoms. The molecule has 0 saturated carbocycles. The zero-order valence-electron chi connectivity index (χ0n) is 19.9. The zero-order valence-corrected chi connectivity index (χ0v) is 20.7. The lowest BCUT2D eigenvalue weighted by Gasteiger charge is -2.19. The highest BCUT2D eigenvalue weighted by molar-refractivity contribution is 7.80. The summed E-state index contributed by atoms with van der Waals surface area (Å²) < 4.78 is 0. The predicted molar refractivity (Wildman–Crippen MR) is 144 cm³/mol. The largest absolute Gasteiger partial charge is 0.375 e. The van der Waals surface area contributed by atoms with E-state index in [-0.39, 0.29) is 11.2 Å². The van der Waals surface area contributed by atoms with E-state index in [1.807, 2.05) is 66.7 Å². The smallest absolute Gasteiger partial charge is 0.193 e. The van der Waals surface area contributed by atoms with Crippen LogP contribution in [0.3, 0.4) is 0 Å². The maximum absolute atomic E-state index is 13.0. The molecule has 0 unspecified atom stereocenters. The molecule has 2 N–H and O–H groups in total. The molecule has 33 heavy (non-hydrogen) atoms. The fraction of sp³-hybridized carbons (Fsp3) is 0.286. The van der Waals surface area contributed by atoms with Crippen molar-refractivity contribution in [2.45, 2.75) is 32.6 Å². The summed E-state index contributed by atoms with van der Waals surface area (Å²) in [6, 6.07) is 25.7. The van der Waals surface area contributed by atoms with Gasteiger partial charge in [-0.2, -0.15) is 0 Å². The lowest BCUT2D eigenvalue weighted by Crippen LogP contribution is -2.31. The minimum Gasteiger partial charge on any atom is -0.375 e. The molecular weight excluding hydrogens is 426 g/mol. The van der Waals surface area contributed by atoms with Gasteiger partial charge in [-0.05, 0) is 53.9 Å². The van der Waals surface area contributed by atoms with Crippen LogP contribution < -0.4 is 15.5 Å². The van der Waals surface area contributed by atoms with E-state index in [0.717, 1.165) is 25.2 Å². The molecule has 0 saturated heterocycles. The molecule has 3 aromatic carbocycles. The first kappa shape index (κ1) is 24.5. The molecular formula is C28H33N3OS. The van der Waals surface area contributed by atoms with Crippen molar-refractivity contribution >= 4 is 34.5 Å². The van der Waals surface area contributed by atoms with Crippen molar-refractivity contribution < 1.29 is 4.79 Å². The van der Waals surface area contributed by atoms with Gasteiger partial charge in [-0.25, -0.2) is 0 Å². The molecule has 172 valence electrons. The van der Waals surface area contributed by atoms with E-state index in [9.17, 15) is 4.79 Å². The van der Waals surface area contributed by atoms with E-state index in [2.05, 4.69) is 55.5 Å².